The number of hydrogen-bond donors (Lipinski definition) is 1. The maximum atomic E-state index is 12.2. The van der Waals surface area contributed by atoms with E-state index in [-0.39, 0.29) is 13.2 Å². The molecule has 0 aliphatic heterocycles. The zero-order valence-electron chi connectivity index (χ0n) is 15.2. The standard InChI is InChI=1S/C20H21NO6/c1-3-26-17-10-5-4-9-16(17)19(23)21-12-18(22)27-13-14-7-6-8-15(11-14)20(24)25-2/h4-11H,3,12-13H2,1-2H3,(H,21,23). The van der Waals surface area contributed by atoms with E-state index in [1.807, 2.05) is 6.92 Å². The summed E-state index contributed by atoms with van der Waals surface area (Å²) >= 11 is 0. The van der Waals surface area contributed by atoms with Gasteiger partial charge in [0.15, 0.2) is 0 Å². The highest BCUT2D eigenvalue weighted by atomic mass is 16.5. The molecule has 0 unspecified atom stereocenters. The van der Waals surface area contributed by atoms with Gasteiger partial charge in [-0.25, -0.2) is 4.79 Å². The van der Waals surface area contributed by atoms with Crippen LogP contribution >= 0.6 is 0 Å². The minimum absolute atomic E-state index is 0.0188. The first-order chi connectivity index (χ1) is 13.0. The van der Waals surface area contributed by atoms with Crippen molar-refractivity contribution in [2.75, 3.05) is 20.3 Å². The lowest BCUT2D eigenvalue weighted by Gasteiger charge is -2.10. The number of esters is 2. The molecule has 0 aromatic heterocycles. The van der Waals surface area contributed by atoms with Crippen LogP contribution in [0.1, 0.15) is 33.2 Å². The molecule has 7 heteroatoms. The SMILES string of the molecule is CCOc1ccccc1C(=O)NCC(=O)OCc1cccc(C(=O)OC)c1. The molecular formula is C20H21NO6. The lowest BCUT2D eigenvalue weighted by molar-refractivity contribution is -0.143. The molecule has 7 nitrogen and oxygen atoms in total. The van der Waals surface area contributed by atoms with Gasteiger partial charge in [0.1, 0.15) is 18.9 Å². The van der Waals surface area contributed by atoms with Gasteiger partial charge in [-0.05, 0) is 36.8 Å². The van der Waals surface area contributed by atoms with Gasteiger partial charge in [0, 0.05) is 0 Å². The van der Waals surface area contributed by atoms with Crippen molar-refractivity contribution in [3.8, 4) is 5.75 Å². The Hall–Kier alpha value is -3.35. The molecular weight excluding hydrogens is 350 g/mol. The number of benzene rings is 2. The predicted molar refractivity (Wildman–Crippen MR) is 97.5 cm³/mol. The Kier molecular flexibility index (Phi) is 7.37. The fourth-order valence-electron chi connectivity index (χ4n) is 2.30. The van der Waals surface area contributed by atoms with Gasteiger partial charge < -0.3 is 19.5 Å². The summed E-state index contributed by atoms with van der Waals surface area (Å²) in [5.74, 6) is -1.04. The van der Waals surface area contributed by atoms with Crippen LogP contribution in [0.25, 0.3) is 0 Å². The summed E-state index contributed by atoms with van der Waals surface area (Å²) in [4.78, 5) is 35.6. The van der Waals surface area contributed by atoms with Crippen LogP contribution in [-0.4, -0.2) is 38.1 Å². The normalized spacial score (nSPS) is 10.0. The maximum Gasteiger partial charge on any atom is 0.337 e. The Labute approximate surface area is 157 Å². The zero-order valence-corrected chi connectivity index (χ0v) is 15.2. The van der Waals surface area contributed by atoms with Crippen molar-refractivity contribution in [2.45, 2.75) is 13.5 Å². The third kappa shape index (κ3) is 5.85. The molecule has 0 fully saturated rings. The van der Waals surface area contributed by atoms with Crippen molar-refractivity contribution >= 4 is 17.8 Å². The quantitative estimate of drug-likeness (QED) is 0.716. The molecule has 0 spiro atoms. The van der Waals surface area contributed by atoms with Crippen LogP contribution in [-0.2, 0) is 20.9 Å². The molecule has 1 N–H and O–H groups in total. The summed E-state index contributed by atoms with van der Waals surface area (Å²) < 4.78 is 15.2. The van der Waals surface area contributed by atoms with Gasteiger partial charge >= 0.3 is 11.9 Å². The molecule has 0 saturated heterocycles. The molecule has 2 aromatic carbocycles. The van der Waals surface area contributed by atoms with Crippen LogP contribution in [0.5, 0.6) is 5.75 Å². The number of amides is 1. The smallest absolute Gasteiger partial charge is 0.337 e. The minimum Gasteiger partial charge on any atom is -0.493 e. The Morgan fingerprint density at radius 1 is 1.04 bits per heavy atom. The highest BCUT2D eigenvalue weighted by molar-refractivity contribution is 5.98. The second-order valence-corrected chi connectivity index (χ2v) is 5.46. The van der Waals surface area contributed by atoms with Gasteiger partial charge in [0.25, 0.3) is 5.91 Å². The molecule has 1 amide bonds. The fraction of sp³-hybridized carbons (Fsp3) is 0.250. The largest absolute Gasteiger partial charge is 0.493 e. The molecule has 27 heavy (non-hydrogen) atoms. The highest BCUT2D eigenvalue weighted by Crippen LogP contribution is 2.17. The molecule has 2 rings (SSSR count). The van der Waals surface area contributed by atoms with Crippen molar-refractivity contribution in [3.63, 3.8) is 0 Å². The van der Waals surface area contributed by atoms with Crippen molar-refractivity contribution in [2.24, 2.45) is 0 Å². The van der Waals surface area contributed by atoms with Gasteiger partial charge in [0.05, 0.1) is 24.8 Å². The number of rotatable bonds is 8. The van der Waals surface area contributed by atoms with Crippen molar-refractivity contribution in [1.82, 2.24) is 5.32 Å². The van der Waals surface area contributed by atoms with Crippen LogP contribution in [0, 0.1) is 0 Å². The molecule has 0 atom stereocenters. The Balaban J connectivity index is 1.86. The number of carbonyl (C=O) groups excluding carboxylic acids is 3. The fourth-order valence-corrected chi connectivity index (χ4v) is 2.30. The maximum absolute atomic E-state index is 12.2. The van der Waals surface area contributed by atoms with E-state index in [0.29, 0.717) is 29.0 Å². The average Bonchev–Trinajstić information content (AvgIpc) is 2.70. The van der Waals surface area contributed by atoms with Crippen LogP contribution in [0.2, 0.25) is 0 Å². The lowest BCUT2D eigenvalue weighted by atomic mass is 10.1. The van der Waals surface area contributed by atoms with Crippen LogP contribution in [0.3, 0.4) is 0 Å². The van der Waals surface area contributed by atoms with Gasteiger partial charge in [-0.2, -0.15) is 0 Å². The lowest BCUT2D eigenvalue weighted by Crippen LogP contribution is -2.30. The summed E-state index contributed by atoms with van der Waals surface area (Å²) in [6.45, 7) is 1.95. The summed E-state index contributed by atoms with van der Waals surface area (Å²) in [6.07, 6.45) is 0. The minimum atomic E-state index is -0.597. The van der Waals surface area contributed by atoms with E-state index in [4.69, 9.17) is 9.47 Å². The Morgan fingerprint density at radius 3 is 2.56 bits per heavy atom. The number of carbonyl (C=O) groups is 3. The van der Waals surface area contributed by atoms with E-state index in [2.05, 4.69) is 10.1 Å². The number of nitrogens with one attached hydrogen (secondary N) is 1. The van der Waals surface area contributed by atoms with Gasteiger partial charge in [-0.3, -0.25) is 9.59 Å². The molecule has 0 bridgehead atoms. The first kappa shape index (κ1) is 20.0. The van der Waals surface area contributed by atoms with E-state index >= 15 is 0 Å². The first-order valence-electron chi connectivity index (χ1n) is 8.38. The number of para-hydroxylation sites is 1. The molecule has 0 aliphatic rings. The predicted octanol–water partition coefficient (Wildman–Crippen LogP) is 2.35. The van der Waals surface area contributed by atoms with E-state index in [1.54, 1.807) is 48.5 Å². The topological polar surface area (TPSA) is 90.9 Å². The van der Waals surface area contributed by atoms with Gasteiger partial charge in [-0.15, -0.1) is 0 Å². The second kappa shape index (κ2) is 9.96. The van der Waals surface area contributed by atoms with Crippen molar-refractivity contribution in [1.29, 1.82) is 0 Å². The van der Waals surface area contributed by atoms with Crippen LogP contribution in [0.15, 0.2) is 48.5 Å². The summed E-state index contributed by atoms with van der Waals surface area (Å²) in [6, 6.07) is 13.3. The third-order valence-corrected chi connectivity index (χ3v) is 3.57. The van der Waals surface area contributed by atoms with Crippen molar-refractivity contribution < 1.29 is 28.6 Å². The number of methoxy groups -OCH3 is 1. The zero-order chi connectivity index (χ0) is 19.6. The van der Waals surface area contributed by atoms with Gasteiger partial charge in [0.2, 0.25) is 0 Å². The monoisotopic (exact) mass is 371 g/mol. The molecule has 0 heterocycles. The molecule has 0 aliphatic carbocycles. The molecule has 2 aromatic rings. The number of ether oxygens (including phenoxy) is 3. The second-order valence-electron chi connectivity index (χ2n) is 5.46. The van der Waals surface area contributed by atoms with Crippen LogP contribution in [0.4, 0.5) is 0 Å². The average molecular weight is 371 g/mol. The van der Waals surface area contributed by atoms with Crippen LogP contribution < -0.4 is 10.1 Å². The van der Waals surface area contributed by atoms with Gasteiger partial charge in [-0.1, -0.05) is 24.3 Å². The summed E-state index contributed by atoms with van der Waals surface area (Å²) in [5, 5.41) is 2.50. The molecule has 142 valence electrons. The number of hydrogen-bond acceptors (Lipinski definition) is 6. The molecule has 0 saturated carbocycles. The van der Waals surface area contributed by atoms with E-state index < -0.39 is 17.8 Å². The van der Waals surface area contributed by atoms with Crippen molar-refractivity contribution in [3.05, 3.63) is 65.2 Å². The molecule has 0 radical (unpaired) electrons. The van der Waals surface area contributed by atoms with E-state index in [9.17, 15) is 14.4 Å². The third-order valence-electron chi connectivity index (χ3n) is 3.57. The van der Waals surface area contributed by atoms with E-state index in [0.717, 1.165) is 0 Å². The summed E-state index contributed by atoms with van der Waals surface area (Å²) in [7, 11) is 1.29. The Morgan fingerprint density at radius 2 is 1.81 bits per heavy atom. The summed E-state index contributed by atoms with van der Waals surface area (Å²) in [5.41, 5.74) is 1.35. The first-order valence-corrected chi connectivity index (χ1v) is 8.38. The van der Waals surface area contributed by atoms with E-state index in [1.165, 1.54) is 7.11 Å². The highest BCUT2D eigenvalue weighted by Gasteiger charge is 2.14. The Bertz CT molecular complexity index is 818.